The zero-order valence-corrected chi connectivity index (χ0v) is 16.6. The van der Waals surface area contributed by atoms with Gasteiger partial charge in [-0.3, -0.25) is 20.0 Å². The van der Waals surface area contributed by atoms with E-state index in [1.54, 1.807) is 11.1 Å². The molecule has 2 aliphatic rings. The lowest BCUT2D eigenvalue weighted by Gasteiger charge is -2.37. The molecule has 0 radical (unpaired) electrons. The number of amides is 2. The minimum Gasteiger partial charge on any atom is -0.335 e. The molecule has 0 spiro atoms. The zero-order chi connectivity index (χ0) is 20.5. The number of nitrogens with zero attached hydrogens (tertiary/aromatic N) is 4. The van der Waals surface area contributed by atoms with Gasteiger partial charge in [-0.1, -0.05) is 36.4 Å². The van der Waals surface area contributed by atoms with E-state index in [0.29, 0.717) is 12.3 Å². The van der Waals surface area contributed by atoms with Gasteiger partial charge in [0.1, 0.15) is 5.84 Å². The first-order valence-corrected chi connectivity index (χ1v) is 10.4. The first-order chi connectivity index (χ1) is 14.7. The van der Waals surface area contributed by atoms with Crippen molar-refractivity contribution in [3.8, 4) is 11.1 Å². The normalized spacial score (nSPS) is 23.3. The Morgan fingerprint density at radius 1 is 1.07 bits per heavy atom. The highest BCUT2D eigenvalue weighted by Crippen LogP contribution is 2.35. The fraction of sp³-hybridized carbons (Fsp3) is 0.304. The van der Waals surface area contributed by atoms with E-state index < -0.39 is 0 Å². The Balaban J connectivity index is 1.20. The summed E-state index contributed by atoms with van der Waals surface area (Å²) in [6, 6.07) is 14.1. The molecule has 0 bridgehead atoms. The molecule has 7 heteroatoms. The van der Waals surface area contributed by atoms with E-state index in [-0.39, 0.29) is 24.2 Å². The third-order valence-electron chi connectivity index (χ3n) is 6.07. The number of rotatable bonds is 4. The molecule has 1 atom stereocenters. The third-order valence-corrected chi connectivity index (χ3v) is 6.07. The summed E-state index contributed by atoms with van der Waals surface area (Å²) in [4.78, 5) is 18.7. The van der Waals surface area contributed by atoms with Gasteiger partial charge in [0.15, 0.2) is 0 Å². The second-order valence-corrected chi connectivity index (χ2v) is 8.00. The summed E-state index contributed by atoms with van der Waals surface area (Å²) in [5.74, 6) is 0.394. The molecule has 1 saturated carbocycles. The molecule has 1 aliphatic heterocycles. The summed E-state index contributed by atoms with van der Waals surface area (Å²) in [5, 5.41) is 15.9. The number of aromatic nitrogens is 3. The van der Waals surface area contributed by atoms with Gasteiger partial charge >= 0.3 is 6.03 Å². The van der Waals surface area contributed by atoms with Crippen LogP contribution in [0.3, 0.4) is 0 Å². The molecule has 7 nitrogen and oxygen atoms in total. The lowest BCUT2D eigenvalue weighted by atomic mass is 9.87. The van der Waals surface area contributed by atoms with Crippen LogP contribution in [-0.4, -0.2) is 37.6 Å². The van der Waals surface area contributed by atoms with E-state index in [1.807, 2.05) is 65.7 Å². The van der Waals surface area contributed by atoms with Crippen molar-refractivity contribution in [3.63, 3.8) is 0 Å². The standard InChI is InChI=1S/C23H24N6O/c24-22-9-8-21(16-5-2-1-3-6-16)29(22)23(30)27-19-11-20(12-19)28-15-18(14-26-28)17-7-4-10-25-13-17/h1-7,10,13-15,19-21,24H,8-9,11-12H2,(H,27,30)/t19?,20?,21-/m0/s1. The van der Waals surface area contributed by atoms with E-state index in [0.717, 1.165) is 36.0 Å². The predicted molar refractivity (Wildman–Crippen MR) is 114 cm³/mol. The van der Waals surface area contributed by atoms with Crippen LogP contribution in [0.25, 0.3) is 11.1 Å². The minimum absolute atomic E-state index is 0.0530. The van der Waals surface area contributed by atoms with Crippen molar-refractivity contribution >= 4 is 11.9 Å². The number of hydrogen-bond acceptors (Lipinski definition) is 4. The quantitative estimate of drug-likeness (QED) is 0.689. The molecule has 2 amide bonds. The van der Waals surface area contributed by atoms with Crippen LogP contribution in [0.2, 0.25) is 0 Å². The van der Waals surface area contributed by atoms with Gasteiger partial charge in [-0.05, 0) is 30.9 Å². The number of nitrogens with one attached hydrogen (secondary N) is 2. The van der Waals surface area contributed by atoms with Gasteiger partial charge in [0, 0.05) is 42.2 Å². The molecule has 2 N–H and O–H groups in total. The highest BCUT2D eigenvalue weighted by molar-refractivity contribution is 5.98. The van der Waals surface area contributed by atoms with Crippen LogP contribution in [0.1, 0.15) is 43.3 Å². The summed E-state index contributed by atoms with van der Waals surface area (Å²) in [6.45, 7) is 0. The first kappa shape index (κ1) is 18.5. The van der Waals surface area contributed by atoms with Crippen LogP contribution in [0, 0.1) is 5.41 Å². The Bertz CT molecular complexity index is 1040. The topological polar surface area (TPSA) is 86.9 Å². The summed E-state index contributed by atoms with van der Waals surface area (Å²) in [7, 11) is 0. The van der Waals surface area contributed by atoms with E-state index >= 15 is 0 Å². The third kappa shape index (κ3) is 3.47. The van der Waals surface area contributed by atoms with Crippen LogP contribution in [0.5, 0.6) is 0 Å². The Hall–Kier alpha value is -3.48. The van der Waals surface area contributed by atoms with Crippen molar-refractivity contribution < 1.29 is 4.79 Å². The fourth-order valence-electron chi connectivity index (χ4n) is 4.35. The van der Waals surface area contributed by atoms with Gasteiger partial charge in [0.05, 0.1) is 18.3 Å². The zero-order valence-electron chi connectivity index (χ0n) is 16.6. The van der Waals surface area contributed by atoms with Crippen molar-refractivity contribution in [1.82, 2.24) is 25.0 Å². The van der Waals surface area contributed by atoms with E-state index in [1.165, 1.54) is 0 Å². The number of carbonyl (C=O) groups excluding carboxylic acids is 1. The van der Waals surface area contributed by atoms with Crippen molar-refractivity contribution in [2.75, 3.05) is 0 Å². The van der Waals surface area contributed by atoms with Crippen LogP contribution >= 0.6 is 0 Å². The van der Waals surface area contributed by atoms with Gasteiger partial charge < -0.3 is 5.32 Å². The van der Waals surface area contributed by atoms with Gasteiger partial charge in [0.2, 0.25) is 0 Å². The van der Waals surface area contributed by atoms with Crippen molar-refractivity contribution in [2.45, 2.75) is 43.8 Å². The Labute approximate surface area is 175 Å². The number of urea groups is 1. The molecule has 1 aromatic carbocycles. The van der Waals surface area contributed by atoms with Crippen molar-refractivity contribution in [2.24, 2.45) is 0 Å². The average molecular weight is 400 g/mol. The molecule has 30 heavy (non-hydrogen) atoms. The second-order valence-electron chi connectivity index (χ2n) is 8.00. The van der Waals surface area contributed by atoms with Crippen LogP contribution in [0.15, 0.2) is 67.3 Å². The number of amidine groups is 1. The Kier molecular flexibility index (Phi) is 4.78. The smallest absolute Gasteiger partial charge is 0.323 e. The highest BCUT2D eigenvalue weighted by Gasteiger charge is 2.38. The van der Waals surface area contributed by atoms with Crippen LogP contribution in [-0.2, 0) is 0 Å². The largest absolute Gasteiger partial charge is 0.335 e. The predicted octanol–water partition coefficient (Wildman–Crippen LogP) is 4.17. The van der Waals surface area contributed by atoms with Gasteiger partial charge in [-0.15, -0.1) is 0 Å². The number of carbonyl (C=O) groups is 1. The Morgan fingerprint density at radius 3 is 2.67 bits per heavy atom. The molecular weight excluding hydrogens is 376 g/mol. The maximum Gasteiger partial charge on any atom is 0.323 e. The minimum atomic E-state index is -0.161. The summed E-state index contributed by atoms with van der Waals surface area (Å²) >= 11 is 0. The molecular formula is C23H24N6O. The van der Waals surface area contributed by atoms with Gasteiger partial charge in [-0.25, -0.2) is 4.79 Å². The number of benzene rings is 1. The van der Waals surface area contributed by atoms with Crippen molar-refractivity contribution in [1.29, 1.82) is 5.41 Å². The monoisotopic (exact) mass is 400 g/mol. The van der Waals surface area contributed by atoms with Crippen LogP contribution < -0.4 is 5.32 Å². The molecule has 2 aromatic heterocycles. The van der Waals surface area contributed by atoms with E-state index in [2.05, 4.69) is 15.4 Å². The number of pyridine rings is 1. The second kappa shape index (κ2) is 7.74. The average Bonchev–Trinajstić information content (AvgIpc) is 3.38. The van der Waals surface area contributed by atoms with Gasteiger partial charge in [0.25, 0.3) is 0 Å². The van der Waals surface area contributed by atoms with E-state index in [4.69, 9.17) is 5.41 Å². The molecule has 152 valence electrons. The fourth-order valence-corrected chi connectivity index (χ4v) is 4.35. The molecule has 5 rings (SSSR count). The number of hydrogen-bond donors (Lipinski definition) is 2. The lowest BCUT2D eigenvalue weighted by Crippen LogP contribution is -2.51. The SMILES string of the molecule is N=C1CC[C@@H](c2ccccc2)N1C(=O)NC1CC(n2cc(-c3cccnc3)cn2)C1. The van der Waals surface area contributed by atoms with Crippen molar-refractivity contribution in [3.05, 3.63) is 72.8 Å². The summed E-state index contributed by atoms with van der Waals surface area (Å²) < 4.78 is 1.98. The van der Waals surface area contributed by atoms with Gasteiger partial charge in [-0.2, -0.15) is 5.10 Å². The summed E-state index contributed by atoms with van der Waals surface area (Å²) in [5.41, 5.74) is 3.18. The Morgan fingerprint density at radius 2 is 1.90 bits per heavy atom. The maximum absolute atomic E-state index is 12.9. The summed E-state index contributed by atoms with van der Waals surface area (Å²) in [6.07, 6.45) is 10.6. The molecule has 3 heterocycles. The number of likely N-dealkylation sites (tertiary alicyclic amines) is 1. The van der Waals surface area contributed by atoms with Crippen LogP contribution in [0.4, 0.5) is 4.79 Å². The molecule has 2 fully saturated rings. The molecule has 0 unspecified atom stereocenters. The van der Waals surface area contributed by atoms with E-state index in [9.17, 15) is 4.79 Å². The molecule has 1 saturated heterocycles. The maximum atomic E-state index is 12.9. The lowest BCUT2D eigenvalue weighted by molar-refractivity contribution is 0.178. The first-order valence-electron chi connectivity index (χ1n) is 10.4. The highest BCUT2D eigenvalue weighted by atomic mass is 16.2. The molecule has 1 aliphatic carbocycles. The molecule has 3 aromatic rings.